The number of rotatable bonds is 4. The average Bonchev–Trinajstić information content (AvgIpc) is 2.37. The predicted octanol–water partition coefficient (Wildman–Crippen LogP) is 0.608. The number of benzene rings is 1. The van der Waals surface area contributed by atoms with E-state index in [9.17, 15) is 14.7 Å². The Morgan fingerprint density at radius 3 is 2.61 bits per heavy atom. The molecule has 7 heteroatoms. The number of hydrogen-bond acceptors (Lipinski definition) is 5. The second-order valence-electron chi connectivity index (χ2n) is 3.40. The quantitative estimate of drug-likeness (QED) is 0.424. The van der Waals surface area contributed by atoms with Crippen LogP contribution in [0.1, 0.15) is 10.4 Å². The average molecular weight is 274 g/mol. The van der Waals surface area contributed by atoms with Crippen molar-refractivity contribution in [1.29, 1.82) is 0 Å². The highest BCUT2D eigenvalue weighted by Crippen LogP contribution is 2.24. The number of alkyl halides is 1. The number of nitrogens with one attached hydrogen (secondary N) is 1. The molecule has 98 valence electrons. The second-order valence-corrected chi connectivity index (χ2v) is 3.93. The fraction of sp³-hybridized carbons (Fsp3) is 0.273. The van der Waals surface area contributed by atoms with Crippen molar-refractivity contribution in [3.63, 3.8) is 0 Å². The minimum absolute atomic E-state index is 0.102. The number of halogens is 1. The first kappa shape index (κ1) is 14.1. The van der Waals surface area contributed by atoms with Gasteiger partial charge in [0.25, 0.3) is 5.91 Å². The number of carbonyl (C=O) groups is 2. The van der Waals surface area contributed by atoms with Crippen molar-refractivity contribution >= 4 is 23.5 Å². The molecule has 1 aromatic carbocycles. The topological polar surface area (TPSA) is 95.9 Å². The number of phenolic OH excluding ortho intramolecular Hbond substituents is 2. The monoisotopic (exact) mass is 273 g/mol. The van der Waals surface area contributed by atoms with Crippen LogP contribution in [-0.4, -0.2) is 41.1 Å². The van der Waals surface area contributed by atoms with Crippen LogP contribution in [0.5, 0.6) is 11.5 Å². The fourth-order valence-electron chi connectivity index (χ4n) is 1.16. The molecule has 0 heterocycles. The van der Waals surface area contributed by atoms with Gasteiger partial charge in [-0.3, -0.25) is 9.59 Å². The summed E-state index contributed by atoms with van der Waals surface area (Å²) in [6, 6.07) is 3.61. The van der Waals surface area contributed by atoms with Crippen molar-refractivity contribution in [3.8, 4) is 11.5 Å². The zero-order valence-corrected chi connectivity index (χ0v) is 10.3. The van der Waals surface area contributed by atoms with Gasteiger partial charge in [0.05, 0.1) is 7.11 Å². The molecule has 0 spiro atoms. The summed E-state index contributed by atoms with van der Waals surface area (Å²) in [5.74, 6) is -1.90. The van der Waals surface area contributed by atoms with E-state index in [1.54, 1.807) is 0 Å². The van der Waals surface area contributed by atoms with Gasteiger partial charge in [-0.05, 0) is 18.2 Å². The summed E-state index contributed by atoms with van der Waals surface area (Å²) in [4.78, 5) is 22.6. The molecule has 0 fully saturated rings. The maximum atomic E-state index is 11.6. The molecule has 0 saturated carbocycles. The normalized spacial score (nSPS) is 11.7. The Kier molecular flexibility index (Phi) is 4.79. The number of phenols is 2. The maximum Gasteiger partial charge on any atom is 0.325 e. The first-order valence-corrected chi connectivity index (χ1v) is 5.41. The van der Waals surface area contributed by atoms with Crippen LogP contribution >= 0.6 is 11.6 Å². The molecule has 0 aliphatic rings. The van der Waals surface area contributed by atoms with Gasteiger partial charge in [0.15, 0.2) is 11.5 Å². The molecule has 0 bridgehead atoms. The standard InChI is InChI=1S/C11H12ClNO5/c1-18-11(17)7(12)5-13-10(16)6-2-3-8(14)9(15)4-6/h2-4,7,14-15H,5H2,1H3,(H,13,16). The molecule has 0 aliphatic carbocycles. The number of methoxy groups -OCH3 is 1. The van der Waals surface area contributed by atoms with E-state index in [1.807, 2.05) is 0 Å². The largest absolute Gasteiger partial charge is 0.504 e. The summed E-state index contributed by atoms with van der Waals surface area (Å²) in [6.07, 6.45) is 0. The van der Waals surface area contributed by atoms with Crippen LogP contribution < -0.4 is 5.32 Å². The first-order valence-electron chi connectivity index (χ1n) is 4.97. The van der Waals surface area contributed by atoms with Crippen LogP contribution in [0.25, 0.3) is 0 Å². The SMILES string of the molecule is COC(=O)C(Cl)CNC(=O)c1ccc(O)c(O)c1. The molecule has 6 nitrogen and oxygen atoms in total. The van der Waals surface area contributed by atoms with Crippen molar-refractivity contribution in [1.82, 2.24) is 5.32 Å². The Morgan fingerprint density at radius 1 is 1.39 bits per heavy atom. The minimum Gasteiger partial charge on any atom is -0.504 e. The first-order chi connectivity index (χ1) is 8.45. The van der Waals surface area contributed by atoms with Gasteiger partial charge in [0.1, 0.15) is 5.38 Å². The lowest BCUT2D eigenvalue weighted by Crippen LogP contribution is -2.34. The van der Waals surface area contributed by atoms with Gasteiger partial charge >= 0.3 is 5.97 Å². The number of aromatic hydroxyl groups is 2. The molecule has 0 aromatic heterocycles. The Labute approximate surface area is 108 Å². The second kappa shape index (κ2) is 6.11. The Bertz CT molecular complexity index is 463. The lowest BCUT2D eigenvalue weighted by molar-refractivity contribution is -0.140. The van der Waals surface area contributed by atoms with Gasteiger partial charge in [-0.1, -0.05) is 0 Å². The van der Waals surface area contributed by atoms with Gasteiger partial charge in [-0.25, -0.2) is 0 Å². The van der Waals surface area contributed by atoms with E-state index in [2.05, 4.69) is 10.1 Å². The summed E-state index contributed by atoms with van der Waals surface area (Å²) in [5, 5.41) is 19.7. The zero-order valence-electron chi connectivity index (χ0n) is 9.51. The van der Waals surface area contributed by atoms with Crippen molar-refractivity contribution in [2.75, 3.05) is 13.7 Å². The molecule has 18 heavy (non-hydrogen) atoms. The van der Waals surface area contributed by atoms with Gasteiger partial charge in [-0.15, -0.1) is 11.6 Å². The number of hydrogen-bond donors (Lipinski definition) is 3. The highest BCUT2D eigenvalue weighted by Gasteiger charge is 2.17. The van der Waals surface area contributed by atoms with E-state index < -0.39 is 23.0 Å². The van der Waals surface area contributed by atoms with Crippen LogP contribution in [0, 0.1) is 0 Å². The van der Waals surface area contributed by atoms with Crippen molar-refractivity contribution < 1.29 is 24.5 Å². The smallest absolute Gasteiger partial charge is 0.325 e. The number of amides is 1. The van der Waals surface area contributed by atoms with Crippen LogP contribution in [0.2, 0.25) is 0 Å². The highest BCUT2D eigenvalue weighted by atomic mass is 35.5. The third kappa shape index (κ3) is 3.53. The molecule has 1 aromatic rings. The van der Waals surface area contributed by atoms with E-state index >= 15 is 0 Å². The van der Waals surface area contributed by atoms with Crippen molar-refractivity contribution in [3.05, 3.63) is 23.8 Å². The van der Waals surface area contributed by atoms with Crippen molar-refractivity contribution in [2.45, 2.75) is 5.38 Å². The van der Waals surface area contributed by atoms with E-state index in [0.29, 0.717) is 0 Å². The van der Waals surface area contributed by atoms with E-state index in [4.69, 9.17) is 16.7 Å². The molecule has 0 aliphatic heterocycles. The van der Waals surface area contributed by atoms with Crippen LogP contribution in [0.4, 0.5) is 0 Å². The lowest BCUT2D eigenvalue weighted by atomic mass is 10.2. The summed E-state index contributed by atoms with van der Waals surface area (Å²) >= 11 is 5.64. The van der Waals surface area contributed by atoms with E-state index in [0.717, 1.165) is 6.07 Å². The Morgan fingerprint density at radius 2 is 2.06 bits per heavy atom. The molecular weight excluding hydrogens is 262 g/mol. The van der Waals surface area contributed by atoms with Gasteiger partial charge < -0.3 is 20.3 Å². The van der Waals surface area contributed by atoms with Crippen LogP contribution in [0.3, 0.4) is 0 Å². The molecule has 1 atom stereocenters. The van der Waals surface area contributed by atoms with Gasteiger partial charge in [0, 0.05) is 12.1 Å². The highest BCUT2D eigenvalue weighted by molar-refractivity contribution is 6.30. The Balaban J connectivity index is 2.60. The number of esters is 1. The molecule has 0 saturated heterocycles. The van der Waals surface area contributed by atoms with E-state index in [-0.39, 0.29) is 17.9 Å². The lowest BCUT2D eigenvalue weighted by Gasteiger charge is -2.09. The third-order valence-electron chi connectivity index (χ3n) is 2.14. The maximum absolute atomic E-state index is 11.6. The molecule has 0 radical (unpaired) electrons. The Hall–Kier alpha value is -1.95. The fourth-order valence-corrected chi connectivity index (χ4v) is 1.33. The molecule has 1 amide bonds. The summed E-state index contributed by atoms with van der Waals surface area (Å²) in [7, 11) is 1.19. The summed E-state index contributed by atoms with van der Waals surface area (Å²) in [5.41, 5.74) is 0.138. The molecule has 1 rings (SSSR count). The minimum atomic E-state index is -0.982. The molecule has 1 unspecified atom stereocenters. The molecular formula is C11H12ClNO5. The van der Waals surface area contributed by atoms with Crippen LogP contribution in [-0.2, 0) is 9.53 Å². The molecule has 3 N–H and O–H groups in total. The van der Waals surface area contributed by atoms with Crippen molar-refractivity contribution in [2.24, 2.45) is 0 Å². The zero-order chi connectivity index (χ0) is 13.7. The van der Waals surface area contributed by atoms with E-state index in [1.165, 1.54) is 19.2 Å². The van der Waals surface area contributed by atoms with Gasteiger partial charge in [0.2, 0.25) is 0 Å². The third-order valence-corrected chi connectivity index (χ3v) is 2.47. The number of carbonyl (C=O) groups excluding carboxylic acids is 2. The summed E-state index contributed by atoms with van der Waals surface area (Å²) in [6.45, 7) is -0.102. The van der Waals surface area contributed by atoms with Crippen LogP contribution in [0.15, 0.2) is 18.2 Å². The van der Waals surface area contributed by atoms with Gasteiger partial charge in [-0.2, -0.15) is 0 Å². The number of ether oxygens (including phenoxy) is 1. The predicted molar refractivity (Wildman–Crippen MR) is 63.8 cm³/mol. The summed E-state index contributed by atoms with van der Waals surface area (Å²) < 4.78 is 4.39.